The van der Waals surface area contributed by atoms with Gasteiger partial charge in [-0.2, -0.15) is 0 Å². The minimum Gasteiger partial charge on any atom is -0.490 e. The molecule has 1 aromatic carbocycles. The van der Waals surface area contributed by atoms with Crippen molar-refractivity contribution in [2.24, 2.45) is 0 Å². The molecule has 0 saturated carbocycles. The molecule has 2 aromatic rings. The first-order chi connectivity index (χ1) is 9.25. The van der Waals surface area contributed by atoms with Gasteiger partial charge in [0.05, 0.1) is 13.2 Å². The molecule has 1 N–H and O–H groups in total. The van der Waals surface area contributed by atoms with Crippen LogP contribution in [-0.2, 0) is 0 Å². The van der Waals surface area contributed by atoms with E-state index in [0.717, 1.165) is 33.9 Å². The summed E-state index contributed by atoms with van der Waals surface area (Å²) in [5.41, 5.74) is 1.80. The van der Waals surface area contributed by atoms with Gasteiger partial charge in [0, 0.05) is 11.3 Å². The predicted octanol–water partition coefficient (Wildman–Crippen LogP) is 3.30. The third-order valence-electron chi connectivity index (χ3n) is 3.28. The number of benzene rings is 1. The molecular weight excluding hydrogens is 260 g/mol. The summed E-state index contributed by atoms with van der Waals surface area (Å²) < 4.78 is 11.2. The number of hydrogen-bond donors (Lipinski definition) is 1. The highest BCUT2D eigenvalue weighted by atomic mass is 32.1. The van der Waals surface area contributed by atoms with Crippen molar-refractivity contribution in [1.29, 1.82) is 0 Å². The molecule has 1 atom stereocenters. The van der Waals surface area contributed by atoms with Crippen LogP contribution in [0.5, 0.6) is 11.5 Å². The molecule has 2 heterocycles. The quantitative estimate of drug-likeness (QED) is 0.914. The van der Waals surface area contributed by atoms with Gasteiger partial charge in [-0.15, -0.1) is 11.3 Å². The highest BCUT2D eigenvalue weighted by Gasteiger charge is 2.17. The molecule has 4 heteroatoms. The number of ether oxygens (including phenoxy) is 2. The van der Waals surface area contributed by atoms with Crippen LogP contribution >= 0.6 is 11.3 Å². The van der Waals surface area contributed by atoms with Crippen LogP contribution in [0.1, 0.15) is 28.5 Å². The monoisotopic (exact) mass is 276 g/mol. The Morgan fingerprint density at radius 3 is 2.68 bits per heavy atom. The molecule has 0 radical (unpaired) electrons. The van der Waals surface area contributed by atoms with Crippen molar-refractivity contribution >= 4 is 11.3 Å². The Balaban J connectivity index is 1.93. The van der Waals surface area contributed by atoms with Crippen molar-refractivity contribution in [3.8, 4) is 11.5 Å². The Hall–Kier alpha value is -1.52. The molecule has 1 unspecified atom stereocenters. The molecule has 1 aromatic heterocycles. The summed E-state index contributed by atoms with van der Waals surface area (Å²) in [5, 5.41) is 12.4. The highest BCUT2D eigenvalue weighted by Crippen LogP contribution is 2.35. The van der Waals surface area contributed by atoms with E-state index in [1.54, 1.807) is 11.3 Å². The van der Waals surface area contributed by atoms with E-state index in [4.69, 9.17) is 9.47 Å². The first kappa shape index (κ1) is 12.5. The summed E-state index contributed by atoms with van der Waals surface area (Å²) in [5.74, 6) is 1.48. The Kier molecular flexibility index (Phi) is 3.44. The molecule has 0 aliphatic carbocycles. The van der Waals surface area contributed by atoms with Gasteiger partial charge in [-0.05, 0) is 41.6 Å². The van der Waals surface area contributed by atoms with Crippen molar-refractivity contribution in [2.45, 2.75) is 19.4 Å². The molecule has 100 valence electrons. The Bertz CT molecular complexity index is 577. The lowest BCUT2D eigenvalue weighted by atomic mass is 10.0. The molecule has 0 fully saturated rings. The van der Waals surface area contributed by atoms with Gasteiger partial charge in [0.2, 0.25) is 0 Å². The van der Waals surface area contributed by atoms with Gasteiger partial charge in [0.1, 0.15) is 6.10 Å². The fourth-order valence-electron chi connectivity index (χ4n) is 2.21. The summed E-state index contributed by atoms with van der Waals surface area (Å²) in [7, 11) is 0. The standard InChI is InChI=1S/C15H16O3S/c1-10-12(5-8-19-10)15(16)11-3-4-13-14(9-11)18-7-2-6-17-13/h3-5,8-9,15-16H,2,6-7H2,1H3. The van der Waals surface area contributed by atoms with Gasteiger partial charge in [0.25, 0.3) is 0 Å². The van der Waals surface area contributed by atoms with E-state index in [1.807, 2.05) is 36.6 Å². The summed E-state index contributed by atoms with van der Waals surface area (Å²) in [6.45, 7) is 3.36. The average Bonchev–Trinajstić information content (AvgIpc) is 2.72. The number of hydrogen-bond acceptors (Lipinski definition) is 4. The summed E-state index contributed by atoms with van der Waals surface area (Å²) >= 11 is 1.64. The Labute approximate surface area is 116 Å². The maximum absolute atomic E-state index is 10.4. The van der Waals surface area contributed by atoms with Gasteiger partial charge in [0.15, 0.2) is 11.5 Å². The van der Waals surface area contributed by atoms with Crippen LogP contribution in [0.25, 0.3) is 0 Å². The predicted molar refractivity (Wildman–Crippen MR) is 75.2 cm³/mol. The van der Waals surface area contributed by atoms with Crippen molar-refractivity contribution in [2.75, 3.05) is 13.2 Å². The lowest BCUT2D eigenvalue weighted by Crippen LogP contribution is -2.01. The zero-order valence-corrected chi connectivity index (χ0v) is 11.6. The Morgan fingerprint density at radius 2 is 1.95 bits per heavy atom. The number of rotatable bonds is 2. The third kappa shape index (κ3) is 2.46. The van der Waals surface area contributed by atoms with Gasteiger partial charge >= 0.3 is 0 Å². The van der Waals surface area contributed by atoms with E-state index in [0.29, 0.717) is 13.2 Å². The van der Waals surface area contributed by atoms with E-state index < -0.39 is 6.10 Å². The van der Waals surface area contributed by atoms with E-state index in [1.165, 1.54) is 0 Å². The van der Waals surface area contributed by atoms with E-state index in [2.05, 4.69) is 0 Å². The maximum Gasteiger partial charge on any atom is 0.161 e. The van der Waals surface area contributed by atoms with Crippen molar-refractivity contribution < 1.29 is 14.6 Å². The van der Waals surface area contributed by atoms with Crippen molar-refractivity contribution in [3.05, 3.63) is 45.6 Å². The molecule has 0 amide bonds. The number of thiophene rings is 1. The van der Waals surface area contributed by atoms with Crippen molar-refractivity contribution in [1.82, 2.24) is 0 Å². The van der Waals surface area contributed by atoms with E-state index >= 15 is 0 Å². The zero-order chi connectivity index (χ0) is 13.2. The molecule has 3 nitrogen and oxygen atoms in total. The van der Waals surface area contributed by atoms with E-state index in [-0.39, 0.29) is 0 Å². The molecule has 0 spiro atoms. The van der Waals surface area contributed by atoms with E-state index in [9.17, 15) is 5.11 Å². The summed E-state index contributed by atoms with van der Waals surface area (Å²) in [6, 6.07) is 7.62. The molecule has 3 rings (SSSR count). The first-order valence-corrected chi connectivity index (χ1v) is 7.25. The van der Waals surface area contributed by atoms with Crippen LogP contribution < -0.4 is 9.47 Å². The van der Waals surface area contributed by atoms with Gasteiger partial charge < -0.3 is 14.6 Å². The zero-order valence-electron chi connectivity index (χ0n) is 10.8. The van der Waals surface area contributed by atoms with Crippen LogP contribution in [-0.4, -0.2) is 18.3 Å². The van der Waals surface area contributed by atoms with Crippen LogP contribution in [0.15, 0.2) is 29.6 Å². The van der Waals surface area contributed by atoms with Crippen LogP contribution in [0.3, 0.4) is 0 Å². The lowest BCUT2D eigenvalue weighted by Gasteiger charge is -2.14. The fourth-order valence-corrected chi connectivity index (χ4v) is 2.94. The molecule has 0 saturated heterocycles. The number of aryl methyl sites for hydroxylation is 1. The summed E-state index contributed by atoms with van der Waals surface area (Å²) in [6.07, 6.45) is 0.277. The van der Waals surface area contributed by atoms with Crippen LogP contribution in [0.2, 0.25) is 0 Å². The molecule has 19 heavy (non-hydrogen) atoms. The lowest BCUT2D eigenvalue weighted by molar-refractivity contribution is 0.219. The summed E-state index contributed by atoms with van der Waals surface area (Å²) in [4.78, 5) is 1.14. The SMILES string of the molecule is Cc1sccc1C(O)c1ccc2c(c1)OCCCO2. The van der Waals surface area contributed by atoms with Gasteiger partial charge in [-0.3, -0.25) is 0 Å². The largest absolute Gasteiger partial charge is 0.490 e. The third-order valence-corrected chi connectivity index (χ3v) is 4.14. The smallest absolute Gasteiger partial charge is 0.161 e. The molecule has 0 bridgehead atoms. The minimum atomic E-state index is -0.608. The average molecular weight is 276 g/mol. The van der Waals surface area contributed by atoms with Crippen molar-refractivity contribution in [3.63, 3.8) is 0 Å². The molecular formula is C15H16O3S. The Morgan fingerprint density at radius 1 is 1.16 bits per heavy atom. The van der Waals surface area contributed by atoms with Crippen LogP contribution in [0, 0.1) is 6.92 Å². The highest BCUT2D eigenvalue weighted by molar-refractivity contribution is 7.10. The first-order valence-electron chi connectivity index (χ1n) is 6.37. The normalized spacial score (nSPS) is 15.9. The number of aliphatic hydroxyl groups is 1. The molecule has 1 aliphatic rings. The van der Waals surface area contributed by atoms with Crippen LogP contribution in [0.4, 0.5) is 0 Å². The second-order valence-corrected chi connectivity index (χ2v) is 5.71. The maximum atomic E-state index is 10.4. The number of fused-ring (bicyclic) bond motifs is 1. The van der Waals surface area contributed by atoms with Gasteiger partial charge in [-0.1, -0.05) is 6.07 Å². The second-order valence-electron chi connectivity index (χ2n) is 4.59. The van der Waals surface area contributed by atoms with Gasteiger partial charge in [-0.25, -0.2) is 0 Å². The minimum absolute atomic E-state index is 0.608. The molecule has 1 aliphatic heterocycles. The second kappa shape index (κ2) is 5.23. The number of aliphatic hydroxyl groups excluding tert-OH is 1. The fraction of sp³-hybridized carbons (Fsp3) is 0.333. The topological polar surface area (TPSA) is 38.7 Å².